The van der Waals surface area contributed by atoms with Crippen LogP contribution < -0.4 is 0 Å². The fourth-order valence-electron chi connectivity index (χ4n) is 0.820. The molecule has 0 N–H and O–H groups in total. The van der Waals surface area contributed by atoms with Gasteiger partial charge in [-0.1, -0.05) is 0 Å². The van der Waals surface area contributed by atoms with Gasteiger partial charge in [0.05, 0.1) is 18.4 Å². The smallest absolute Gasteiger partial charge is 0.150 e. The number of thioether (sulfide) groups is 1. The van der Waals surface area contributed by atoms with Crippen LogP contribution in [0.15, 0.2) is 22.8 Å². The molecule has 3 heteroatoms. The molecule has 0 aliphatic carbocycles. The number of furan rings is 1. The molecule has 0 atom stereocenters. The van der Waals surface area contributed by atoms with Gasteiger partial charge in [0.25, 0.3) is 0 Å². The van der Waals surface area contributed by atoms with E-state index in [4.69, 9.17) is 4.42 Å². The molecule has 1 aromatic rings. The molecule has 0 amide bonds. The number of hydrogen-bond acceptors (Lipinski definition) is 3. The minimum absolute atomic E-state index is 0.215. The molecule has 0 saturated carbocycles. The van der Waals surface area contributed by atoms with Crippen LogP contribution in [0, 0.1) is 0 Å². The molecule has 60 valence electrons. The fourth-order valence-corrected chi connectivity index (χ4v) is 1.24. The Kier molecular flexibility index (Phi) is 3.23. The van der Waals surface area contributed by atoms with Crippen LogP contribution in [0.1, 0.15) is 5.76 Å². The molecule has 0 spiro atoms. The van der Waals surface area contributed by atoms with E-state index >= 15 is 0 Å². The molecule has 0 aromatic carbocycles. The molecular weight excluding hydrogens is 160 g/mol. The Hall–Kier alpha value is -0.700. The molecule has 0 radical (unpaired) electrons. The van der Waals surface area contributed by atoms with Crippen molar-refractivity contribution in [2.75, 3.05) is 12.0 Å². The first-order valence-electron chi connectivity index (χ1n) is 3.36. The SMILES string of the molecule is CSCC(=O)Cc1ccco1. The normalized spacial score (nSPS) is 9.91. The average Bonchev–Trinajstić information content (AvgIpc) is 2.40. The summed E-state index contributed by atoms with van der Waals surface area (Å²) in [6, 6.07) is 3.61. The van der Waals surface area contributed by atoms with Crippen molar-refractivity contribution < 1.29 is 9.21 Å². The van der Waals surface area contributed by atoms with E-state index in [9.17, 15) is 4.79 Å². The van der Waals surface area contributed by atoms with Gasteiger partial charge >= 0.3 is 0 Å². The van der Waals surface area contributed by atoms with Crippen LogP contribution >= 0.6 is 11.8 Å². The number of rotatable bonds is 4. The number of Topliss-reactive ketones (excluding diaryl/α,β-unsaturated/α-hetero) is 1. The van der Waals surface area contributed by atoms with E-state index in [2.05, 4.69) is 0 Å². The Morgan fingerprint density at radius 3 is 3.09 bits per heavy atom. The zero-order chi connectivity index (χ0) is 8.10. The number of carbonyl (C=O) groups is 1. The summed E-state index contributed by atoms with van der Waals surface area (Å²) in [7, 11) is 0. The van der Waals surface area contributed by atoms with Crippen molar-refractivity contribution in [3.05, 3.63) is 24.2 Å². The third-order valence-electron chi connectivity index (χ3n) is 1.26. The van der Waals surface area contributed by atoms with Crippen LogP contribution in [0.2, 0.25) is 0 Å². The highest BCUT2D eigenvalue weighted by atomic mass is 32.2. The number of hydrogen-bond donors (Lipinski definition) is 0. The first kappa shape index (κ1) is 8.40. The van der Waals surface area contributed by atoms with Crippen LogP contribution in [0.3, 0.4) is 0 Å². The predicted octanol–water partition coefficient (Wildman–Crippen LogP) is 1.75. The van der Waals surface area contributed by atoms with Crippen molar-refractivity contribution in [2.24, 2.45) is 0 Å². The second-order valence-corrected chi connectivity index (χ2v) is 3.09. The van der Waals surface area contributed by atoms with Crippen LogP contribution in [0.5, 0.6) is 0 Å². The lowest BCUT2D eigenvalue weighted by Crippen LogP contribution is -2.04. The lowest BCUT2D eigenvalue weighted by atomic mass is 10.2. The Labute approximate surface area is 70.0 Å². The molecule has 0 bridgehead atoms. The van der Waals surface area contributed by atoms with Crippen LogP contribution in [-0.2, 0) is 11.2 Å². The summed E-state index contributed by atoms with van der Waals surface area (Å²) < 4.78 is 5.02. The van der Waals surface area contributed by atoms with Gasteiger partial charge < -0.3 is 4.42 Å². The van der Waals surface area contributed by atoms with E-state index in [1.165, 1.54) is 0 Å². The zero-order valence-electron chi connectivity index (χ0n) is 6.37. The number of carbonyl (C=O) groups excluding carboxylic acids is 1. The number of ketones is 1. The molecule has 11 heavy (non-hydrogen) atoms. The van der Waals surface area contributed by atoms with Gasteiger partial charge in [-0.05, 0) is 18.4 Å². The lowest BCUT2D eigenvalue weighted by molar-refractivity contribution is -0.116. The van der Waals surface area contributed by atoms with Crippen molar-refractivity contribution in [1.29, 1.82) is 0 Å². The largest absolute Gasteiger partial charge is 0.469 e. The summed E-state index contributed by atoms with van der Waals surface area (Å²) in [5, 5.41) is 0. The topological polar surface area (TPSA) is 30.2 Å². The third-order valence-corrected chi connectivity index (χ3v) is 1.87. The first-order chi connectivity index (χ1) is 5.33. The highest BCUT2D eigenvalue weighted by molar-refractivity contribution is 7.99. The molecule has 2 nitrogen and oxygen atoms in total. The van der Waals surface area contributed by atoms with Gasteiger partial charge in [-0.3, -0.25) is 4.79 Å². The van der Waals surface area contributed by atoms with E-state index in [0.29, 0.717) is 12.2 Å². The van der Waals surface area contributed by atoms with Crippen molar-refractivity contribution in [2.45, 2.75) is 6.42 Å². The quantitative estimate of drug-likeness (QED) is 0.689. The van der Waals surface area contributed by atoms with Gasteiger partial charge in [-0.15, -0.1) is 0 Å². The van der Waals surface area contributed by atoms with Gasteiger partial charge in [-0.2, -0.15) is 11.8 Å². The highest BCUT2D eigenvalue weighted by Crippen LogP contribution is 2.03. The second-order valence-electron chi connectivity index (χ2n) is 2.23. The summed E-state index contributed by atoms with van der Waals surface area (Å²) in [6.07, 6.45) is 3.93. The molecule has 0 aliphatic heterocycles. The monoisotopic (exact) mass is 170 g/mol. The maximum atomic E-state index is 11.0. The van der Waals surface area contributed by atoms with Gasteiger partial charge in [0.1, 0.15) is 11.5 Å². The van der Waals surface area contributed by atoms with Gasteiger partial charge in [0.15, 0.2) is 0 Å². The van der Waals surface area contributed by atoms with Crippen molar-refractivity contribution in [3.63, 3.8) is 0 Å². The molecule has 0 fully saturated rings. The summed E-state index contributed by atoms with van der Waals surface area (Å²) in [5.74, 6) is 1.54. The minimum Gasteiger partial charge on any atom is -0.469 e. The molecule has 1 heterocycles. The Bertz CT molecular complexity index is 216. The van der Waals surface area contributed by atoms with Crippen molar-refractivity contribution >= 4 is 17.5 Å². The summed E-state index contributed by atoms with van der Waals surface area (Å²) in [4.78, 5) is 11.0. The van der Waals surface area contributed by atoms with E-state index in [0.717, 1.165) is 5.76 Å². The summed E-state index contributed by atoms with van der Waals surface area (Å²) in [6.45, 7) is 0. The van der Waals surface area contributed by atoms with Crippen LogP contribution in [0.4, 0.5) is 0 Å². The molecule has 1 rings (SSSR count). The van der Waals surface area contributed by atoms with E-state index in [1.54, 1.807) is 24.1 Å². The lowest BCUT2D eigenvalue weighted by Gasteiger charge is -1.93. The highest BCUT2D eigenvalue weighted by Gasteiger charge is 2.03. The maximum Gasteiger partial charge on any atom is 0.150 e. The average molecular weight is 170 g/mol. The summed E-state index contributed by atoms with van der Waals surface area (Å²) in [5.41, 5.74) is 0. The van der Waals surface area contributed by atoms with Gasteiger partial charge in [0.2, 0.25) is 0 Å². The molecule has 0 saturated heterocycles. The Balaban J connectivity index is 2.37. The van der Waals surface area contributed by atoms with Crippen LogP contribution in [-0.4, -0.2) is 17.8 Å². The van der Waals surface area contributed by atoms with Crippen molar-refractivity contribution in [1.82, 2.24) is 0 Å². The second kappa shape index (κ2) is 4.23. The molecule has 1 aromatic heterocycles. The minimum atomic E-state index is 0.215. The first-order valence-corrected chi connectivity index (χ1v) is 4.75. The molecule has 0 aliphatic rings. The zero-order valence-corrected chi connectivity index (χ0v) is 7.19. The standard InChI is InChI=1S/C8H10O2S/c1-11-6-7(9)5-8-3-2-4-10-8/h2-4H,5-6H2,1H3. The fraction of sp³-hybridized carbons (Fsp3) is 0.375. The van der Waals surface area contributed by atoms with Crippen molar-refractivity contribution in [3.8, 4) is 0 Å². The molecular formula is C8H10O2S. The van der Waals surface area contributed by atoms with Crippen LogP contribution in [0.25, 0.3) is 0 Å². The van der Waals surface area contributed by atoms with E-state index < -0.39 is 0 Å². The molecule has 0 unspecified atom stereocenters. The predicted molar refractivity (Wildman–Crippen MR) is 45.8 cm³/mol. The van der Waals surface area contributed by atoms with E-state index in [-0.39, 0.29) is 5.78 Å². The summed E-state index contributed by atoms with van der Waals surface area (Å²) >= 11 is 1.54. The Morgan fingerprint density at radius 1 is 1.73 bits per heavy atom. The third kappa shape index (κ3) is 2.80. The Morgan fingerprint density at radius 2 is 2.55 bits per heavy atom. The van der Waals surface area contributed by atoms with Gasteiger partial charge in [0, 0.05) is 0 Å². The van der Waals surface area contributed by atoms with Gasteiger partial charge in [-0.25, -0.2) is 0 Å². The maximum absolute atomic E-state index is 11.0. The van der Waals surface area contributed by atoms with E-state index in [1.807, 2.05) is 12.3 Å².